The molecule has 0 bridgehead atoms. The third kappa shape index (κ3) is 2.69. The number of nitro groups is 1. The Morgan fingerprint density at radius 3 is 3.05 bits per heavy atom. The fourth-order valence-electron chi connectivity index (χ4n) is 2.35. The maximum Gasteiger partial charge on any atom is 0.312 e. The third-order valence-corrected chi connectivity index (χ3v) is 4.93. The second kappa shape index (κ2) is 5.49. The summed E-state index contributed by atoms with van der Waals surface area (Å²) in [6.07, 6.45) is 5.12. The van der Waals surface area contributed by atoms with Crippen molar-refractivity contribution in [3.05, 3.63) is 48.2 Å². The number of pyridine rings is 1. The van der Waals surface area contributed by atoms with Gasteiger partial charge in [0.2, 0.25) is 5.82 Å². The lowest BCUT2D eigenvalue weighted by Crippen LogP contribution is -2.03. The summed E-state index contributed by atoms with van der Waals surface area (Å²) in [7, 11) is 0. The molecule has 3 rings (SSSR count). The summed E-state index contributed by atoms with van der Waals surface area (Å²) in [4.78, 5) is 17.3. The number of thiophene rings is 1. The molecular formula is C13H12BrN3O2S. The third-order valence-electron chi connectivity index (χ3n) is 3.26. The van der Waals surface area contributed by atoms with Crippen molar-refractivity contribution in [2.24, 2.45) is 0 Å². The molecule has 1 aliphatic rings. The van der Waals surface area contributed by atoms with Crippen LogP contribution in [-0.2, 0) is 19.4 Å². The molecule has 0 saturated heterocycles. The molecule has 0 amide bonds. The minimum atomic E-state index is -0.422. The normalized spacial score (nSPS) is 13.2. The molecule has 0 atom stereocenters. The fraction of sp³-hybridized carbons (Fsp3) is 0.308. The lowest BCUT2D eigenvalue weighted by atomic mass is 10.2. The second-order valence-corrected chi connectivity index (χ2v) is 6.78. The molecule has 0 spiro atoms. The summed E-state index contributed by atoms with van der Waals surface area (Å²) in [5, 5.41) is 14.1. The minimum absolute atomic E-state index is 0.0107. The number of rotatable bonds is 4. The van der Waals surface area contributed by atoms with Gasteiger partial charge in [-0.1, -0.05) is 0 Å². The van der Waals surface area contributed by atoms with E-state index in [9.17, 15) is 10.1 Å². The van der Waals surface area contributed by atoms with Crippen LogP contribution >= 0.6 is 27.3 Å². The maximum atomic E-state index is 11.0. The number of halogens is 1. The first kappa shape index (κ1) is 13.5. The lowest BCUT2D eigenvalue weighted by molar-refractivity contribution is -0.384. The van der Waals surface area contributed by atoms with Gasteiger partial charge in [-0.05, 0) is 46.8 Å². The van der Waals surface area contributed by atoms with E-state index in [1.807, 2.05) is 0 Å². The van der Waals surface area contributed by atoms with Gasteiger partial charge in [0.1, 0.15) is 0 Å². The molecule has 0 fully saturated rings. The van der Waals surface area contributed by atoms with E-state index in [2.05, 4.69) is 32.3 Å². The number of hydrogen-bond donors (Lipinski definition) is 1. The summed E-state index contributed by atoms with van der Waals surface area (Å²) in [6.45, 7) is 0.577. The SMILES string of the molecule is O=[N+]([O-])c1cc(Br)cnc1NCc1cc2c(s1)CCC2. The first-order valence-corrected chi connectivity index (χ1v) is 7.88. The van der Waals surface area contributed by atoms with Gasteiger partial charge in [-0.15, -0.1) is 11.3 Å². The van der Waals surface area contributed by atoms with E-state index in [4.69, 9.17) is 0 Å². The summed E-state index contributed by atoms with van der Waals surface area (Å²) in [5.41, 5.74) is 1.42. The van der Waals surface area contributed by atoms with E-state index in [1.54, 1.807) is 17.5 Å². The molecule has 0 aliphatic heterocycles. The van der Waals surface area contributed by atoms with Gasteiger partial charge in [-0.25, -0.2) is 4.98 Å². The van der Waals surface area contributed by atoms with Crippen molar-refractivity contribution < 1.29 is 4.92 Å². The molecule has 20 heavy (non-hydrogen) atoms. The Bertz CT molecular complexity index is 650. The standard InChI is InChI=1S/C13H12BrN3O2S/c14-9-5-11(17(18)19)13(15-6-9)16-7-10-4-8-2-1-3-12(8)20-10/h4-6H,1-3,7H2,(H,15,16). The smallest absolute Gasteiger partial charge is 0.312 e. The molecule has 104 valence electrons. The van der Waals surface area contributed by atoms with Crippen LogP contribution in [0.25, 0.3) is 0 Å². The second-order valence-electron chi connectivity index (χ2n) is 4.65. The van der Waals surface area contributed by atoms with Gasteiger partial charge in [0.05, 0.1) is 11.5 Å². The topological polar surface area (TPSA) is 68.1 Å². The molecule has 2 heterocycles. The zero-order chi connectivity index (χ0) is 14.1. The monoisotopic (exact) mass is 353 g/mol. The quantitative estimate of drug-likeness (QED) is 0.668. The summed E-state index contributed by atoms with van der Waals surface area (Å²) in [5.74, 6) is 0.312. The summed E-state index contributed by atoms with van der Waals surface area (Å²) >= 11 is 4.99. The molecule has 2 aromatic rings. The molecule has 7 heteroatoms. The maximum absolute atomic E-state index is 11.0. The predicted molar refractivity (Wildman–Crippen MR) is 82.3 cm³/mol. The molecule has 0 saturated carbocycles. The number of nitrogens with one attached hydrogen (secondary N) is 1. The predicted octanol–water partition coefficient (Wildman–Crippen LogP) is 3.91. The average Bonchev–Trinajstić information content (AvgIpc) is 2.97. The van der Waals surface area contributed by atoms with Gasteiger partial charge in [0.25, 0.3) is 0 Å². The minimum Gasteiger partial charge on any atom is -0.359 e. The molecule has 0 aromatic carbocycles. The van der Waals surface area contributed by atoms with E-state index in [-0.39, 0.29) is 5.69 Å². The summed E-state index contributed by atoms with van der Waals surface area (Å²) in [6, 6.07) is 3.66. The zero-order valence-corrected chi connectivity index (χ0v) is 13.0. The first-order chi connectivity index (χ1) is 9.63. The van der Waals surface area contributed by atoms with E-state index < -0.39 is 4.92 Å². The Morgan fingerprint density at radius 1 is 1.45 bits per heavy atom. The van der Waals surface area contributed by atoms with Crippen LogP contribution in [0.15, 0.2) is 22.8 Å². The van der Waals surface area contributed by atoms with E-state index in [0.29, 0.717) is 16.8 Å². The van der Waals surface area contributed by atoms with Crippen LogP contribution in [0, 0.1) is 10.1 Å². The number of fused-ring (bicyclic) bond motifs is 1. The van der Waals surface area contributed by atoms with Crippen molar-refractivity contribution in [1.29, 1.82) is 0 Å². The molecule has 1 N–H and O–H groups in total. The van der Waals surface area contributed by atoms with Gasteiger partial charge in [0, 0.05) is 26.5 Å². The number of aryl methyl sites for hydroxylation is 2. The van der Waals surface area contributed by atoms with Crippen LogP contribution in [0.5, 0.6) is 0 Å². The number of aromatic nitrogens is 1. The highest BCUT2D eigenvalue weighted by atomic mass is 79.9. The van der Waals surface area contributed by atoms with Gasteiger partial charge < -0.3 is 5.32 Å². The van der Waals surface area contributed by atoms with Gasteiger partial charge >= 0.3 is 5.69 Å². The highest BCUT2D eigenvalue weighted by Crippen LogP contribution is 2.32. The Labute approximate surface area is 128 Å². The van der Waals surface area contributed by atoms with Crippen molar-refractivity contribution in [1.82, 2.24) is 4.98 Å². The van der Waals surface area contributed by atoms with Crippen LogP contribution in [0.3, 0.4) is 0 Å². The highest BCUT2D eigenvalue weighted by molar-refractivity contribution is 9.10. The van der Waals surface area contributed by atoms with Crippen LogP contribution in [0.1, 0.15) is 21.7 Å². The molecule has 0 unspecified atom stereocenters. The summed E-state index contributed by atoms with van der Waals surface area (Å²) < 4.78 is 0.602. The van der Waals surface area contributed by atoms with Gasteiger partial charge in [-0.2, -0.15) is 0 Å². The molecule has 0 radical (unpaired) electrons. The van der Waals surface area contributed by atoms with Crippen molar-refractivity contribution in [2.75, 3.05) is 5.32 Å². The fourth-order valence-corrected chi connectivity index (χ4v) is 3.87. The van der Waals surface area contributed by atoms with Crippen LogP contribution in [-0.4, -0.2) is 9.91 Å². The zero-order valence-electron chi connectivity index (χ0n) is 10.6. The molecule has 1 aliphatic carbocycles. The van der Waals surface area contributed by atoms with Crippen molar-refractivity contribution >= 4 is 38.8 Å². The van der Waals surface area contributed by atoms with E-state index in [0.717, 1.165) is 12.8 Å². The first-order valence-electron chi connectivity index (χ1n) is 6.28. The molecular weight excluding hydrogens is 342 g/mol. The molecule has 5 nitrogen and oxygen atoms in total. The van der Waals surface area contributed by atoms with Gasteiger partial charge in [-0.3, -0.25) is 10.1 Å². The van der Waals surface area contributed by atoms with Crippen molar-refractivity contribution in [2.45, 2.75) is 25.8 Å². The van der Waals surface area contributed by atoms with Crippen LogP contribution < -0.4 is 5.32 Å². The Kier molecular flexibility index (Phi) is 3.71. The average molecular weight is 354 g/mol. The van der Waals surface area contributed by atoms with Gasteiger partial charge in [0.15, 0.2) is 0 Å². The van der Waals surface area contributed by atoms with Crippen molar-refractivity contribution in [3.8, 4) is 0 Å². The van der Waals surface area contributed by atoms with E-state index >= 15 is 0 Å². The van der Waals surface area contributed by atoms with E-state index in [1.165, 1.54) is 27.8 Å². The number of hydrogen-bond acceptors (Lipinski definition) is 5. The number of anilines is 1. The number of nitrogens with zero attached hydrogens (tertiary/aromatic N) is 2. The lowest BCUT2D eigenvalue weighted by Gasteiger charge is -2.05. The highest BCUT2D eigenvalue weighted by Gasteiger charge is 2.17. The van der Waals surface area contributed by atoms with Crippen LogP contribution in [0.4, 0.5) is 11.5 Å². The Balaban J connectivity index is 1.76. The van der Waals surface area contributed by atoms with Crippen LogP contribution in [0.2, 0.25) is 0 Å². The van der Waals surface area contributed by atoms with Crippen molar-refractivity contribution in [3.63, 3.8) is 0 Å². The largest absolute Gasteiger partial charge is 0.359 e. The Morgan fingerprint density at radius 2 is 2.30 bits per heavy atom. The molecule has 2 aromatic heterocycles. The Hall–Kier alpha value is -1.47.